The van der Waals surface area contributed by atoms with Gasteiger partial charge in [-0.05, 0) is 43.5 Å². The Morgan fingerprint density at radius 3 is 2.32 bits per heavy atom. The average Bonchev–Trinajstić information content (AvgIpc) is 2.74. The summed E-state index contributed by atoms with van der Waals surface area (Å²) in [5, 5.41) is 6.00. The van der Waals surface area contributed by atoms with Crippen LogP contribution in [0.1, 0.15) is 38.2 Å². The van der Waals surface area contributed by atoms with E-state index in [4.69, 9.17) is 4.74 Å². The molecule has 2 aromatic rings. The van der Waals surface area contributed by atoms with Crippen molar-refractivity contribution >= 4 is 17.5 Å². The molecule has 6 nitrogen and oxygen atoms in total. The van der Waals surface area contributed by atoms with Crippen molar-refractivity contribution in [1.29, 1.82) is 0 Å². The van der Waals surface area contributed by atoms with Crippen molar-refractivity contribution in [1.82, 2.24) is 10.2 Å². The van der Waals surface area contributed by atoms with Crippen molar-refractivity contribution in [3.05, 3.63) is 60.2 Å². The van der Waals surface area contributed by atoms with Gasteiger partial charge in [0.2, 0.25) is 11.8 Å². The summed E-state index contributed by atoms with van der Waals surface area (Å²) in [4.78, 5) is 27.1. The highest BCUT2D eigenvalue weighted by molar-refractivity contribution is 5.94. The molecule has 2 N–H and O–H groups in total. The zero-order valence-corrected chi connectivity index (χ0v) is 18.5. The van der Waals surface area contributed by atoms with Gasteiger partial charge >= 0.3 is 0 Å². The third-order valence-electron chi connectivity index (χ3n) is 5.98. The van der Waals surface area contributed by atoms with Crippen LogP contribution in [0.15, 0.2) is 54.6 Å². The van der Waals surface area contributed by atoms with Gasteiger partial charge in [0.1, 0.15) is 5.75 Å². The van der Waals surface area contributed by atoms with E-state index in [-0.39, 0.29) is 30.3 Å². The van der Waals surface area contributed by atoms with Crippen molar-refractivity contribution in [2.24, 2.45) is 0 Å². The highest BCUT2D eigenvalue weighted by atomic mass is 16.5. The molecule has 1 saturated carbocycles. The predicted octanol–water partition coefficient (Wildman–Crippen LogP) is 3.58. The molecule has 0 heterocycles. The highest BCUT2D eigenvalue weighted by Crippen LogP contribution is 2.43. The largest absolute Gasteiger partial charge is 0.495 e. The van der Waals surface area contributed by atoms with Crippen LogP contribution in [0.25, 0.3) is 0 Å². The van der Waals surface area contributed by atoms with E-state index in [9.17, 15) is 9.59 Å². The second-order valence-corrected chi connectivity index (χ2v) is 8.24. The first-order chi connectivity index (χ1) is 15.1. The predicted molar refractivity (Wildman–Crippen MR) is 123 cm³/mol. The number of methoxy groups -OCH3 is 1. The highest BCUT2D eigenvalue weighted by Gasteiger charge is 2.38. The number of nitrogens with one attached hydrogen (secondary N) is 2. The number of rotatable bonds is 11. The Bertz CT molecular complexity index is 865. The zero-order chi connectivity index (χ0) is 22.1. The van der Waals surface area contributed by atoms with Crippen LogP contribution in [0.3, 0.4) is 0 Å². The minimum Gasteiger partial charge on any atom is -0.495 e. The summed E-state index contributed by atoms with van der Waals surface area (Å²) in [5.74, 6) is 0.411. The zero-order valence-electron chi connectivity index (χ0n) is 18.5. The molecule has 31 heavy (non-hydrogen) atoms. The lowest BCUT2D eigenvalue weighted by Gasteiger charge is -2.42. The molecule has 0 aromatic heterocycles. The molecule has 0 spiro atoms. The van der Waals surface area contributed by atoms with E-state index in [1.165, 1.54) is 12.0 Å². The molecule has 3 rings (SSSR count). The molecular formula is C25H33N3O3. The van der Waals surface area contributed by atoms with Gasteiger partial charge in [-0.2, -0.15) is 0 Å². The first-order valence-electron chi connectivity index (χ1n) is 11.0. The second kappa shape index (κ2) is 11.0. The van der Waals surface area contributed by atoms with E-state index in [0.717, 1.165) is 19.3 Å². The molecule has 166 valence electrons. The topological polar surface area (TPSA) is 70.7 Å². The number of para-hydroxylation sites is 2. The fraction of sp³-hybridized carbons (Fsp3) is 0.440. The first-order valence-corrected chi connectivity index (χ1v) is 11.0. The fourth-order valence-electron chi connectivity index (χ4n) is 4.16. The van der Waals surface area contributed by atoms with Crippen LogP contribution in [-0.4, -0.2) is 50.0 Å². The standard InChI is InChI=1S/C25H33N3O3/c1-3-16-28(18-24(30)27-21-12-7-8-13-22(21)31-2)17-23(29)26-19-25(14-9-15-25)20-10-5-4-6-11-20/h4-8,10-13H,3,9,14-19H2,1-2H3,(H,26,29)(H,27,30). The maximum absolute atomic E-state index is 12.7. The van der Waals surface area contributed by atoms with Gasteiger partial charge in [0.05, 0.1) is 25.9 Å². The fourth-order valence-corrected chi connectivity index (χ4v) is 4.16. The summed E-state index contributed by atoms with van der Waals surface area (Å²) >= 11 is 0. The van der Waals surface area contributed by atoms with E-state index in [2.05, 4.69) is 34.9 Å². The van der Waals surface area contributed by atoms with Crippen molar-refractivity contribution in [3.8, 4) is 5.75 Å². The molecule has 0 bridgehead atoms. The number of hydrogen-bond acceptors (Lipinski definition) is 4. The molecule has 0 radical (unpaired) electrons. The molecule has 0 atom stereocenters. The van der Waals surface area contributed by atoms with Gasteiger partial charge in [-0.15, -0.1) is 0 Å². The van der Waals surface area contributed by atoms with Crippen LogP contribution >= 0.6 is 0 Å². The number of anilines is 1. The molecule has 1 aliphatic rings. The smallest absolute Gasteiger partial charge is 0.238 e. The second-order valence-electron chi connectivity index (χ2n) is 8.24. The van der Waals surface area contributed by atoms with Crippen LogP contribution in [0.4, 0.5) is 5.69 Å². The van der Waals surface area contributed by atoms with Gasteiger partial charge in [-0.1, -0.05) is 55.8 Å². The molecule has 0 aliphatic heterocycles. The lowest BCUT2D eigenvalue weighted by molar-refractivity contribution is -0.123. The Balaban J connectivity index is 1.53. The number of ether oxygens (including phenoxy) is 1. The molecule has 1 aliphatic carbocycles. The van der Waals surface area contributed by atoms with Crippen LogP contribution in [0.5, 0.6) is 5.75 Å². The Morgan fingerprint density at radius 2 is 1.68 bits per heavy atom. The minimum absolute atomic E-state index is 0.0410. The van der Waals surface area contributed by atoms with Gasteiger partial charge in [-0.25, -0.2) is 0 Å². The van der Waals surface area contributed by atoms with E-state index < -0.39 is 0 Å². The summed E-state index contributed by atoms with van der Waals surface area (Å²) in [6, 6.07) is 17.7. The van der Waals surface area contributed by atoms with Crippen LogP contribution in [0.2, 0.25) is 0 Å². The number of benzene rings is 2. The van der Waals surface area contributed by atoms with Crippen LogP contribution in [0, 0.1) is 0 Å². The van der Waals surface area contributed by atoms with Crippen molar-refractivity contribution in [3.63, 3.8) is 0 Å². The van der Waals surface area contributed by atoms with Crippen molar-refractivity contribution < 1.29 is 14.3 Å². The molecule has 0 saturated heterocycles. The molecule has 2 aromatic carbocycles. The third kappa shape index (κ3) is 6.07. The Hall–Kier alpha value is -2.86. The summed E-state index contributed by atoms with van der Waals surface area (Å²) in [5.41, 5.74) is 1.97. The van der Waals surface area contributed by atoms with Crippen molar-refractivity contribution in [2.45, 2.75) is 38.0 Å². The molecule has 2 amide bonds. The quantitative estimate of drug-likeness (QED) is 0.580. The molecular weight excluding hydrogens is 390 g/mol. The SMILES string of the molecule is CCCN(CC(=O)NCC1(c2ccccc2)CCC1)CC(=O)Nc1ccccc1OC. The van der Waals surface area contributed by atoms with Gasteiger partial charge in [0.15, 0.2) is 0 Å². The number of carbonyl (C=O) groups is 2. The van der Waals surface area contributed by atoms with Gasteiger partial charge < -0.3 is 15.4 Å². The normalized spacial score (nSPS) is 14.5. The lowest BCUT2D eigenvalue weighted by atomic mass is 9.64. The number of hydrogen-bond donors (Lipinski definition) is 2. The maximum atomic E-state index is 12.7. The lowest BCUT2D eigenvalue weighted by Crippen LogP contribution is -2.48. The van der Waals surface area contributed by atoms with Crippen molar-refractivity contribution in [2.75, 3.05) is 38.6 Å². The summed E-state index contributed by atoms with van der Waals surface area (Å²) in [6.07, 6.45) is 4.24. The average molecular weight is 424 g/mol. The minimum atomic E-state index is -0.162. The molecule has 1 fully saturated rings. The number of amides is 2. The van der Waals surface area contributed by atoms with Gasteiger partial charge in [0.25, 0.3) is 0 Å². The summed E-state index contributed by atoms with van der Waals surface area (Å²) in [7, 11) is 1.57. The molecule has 6 heteroatoms. The van der Waals surface area contributed by atoms with E-state index in [1.807, 2.05) is 30.0 Å². The Morgan fingerprint density at radius 1 is 1.00 bits per heavy atom. The number of nitrogens with zero attached hydrogens (tertiary/aromatic N) is 1. The molecule has 0 unspecified atom stereocenters. The summed E-state index contributed by atoms with van der Waals surface area (Å²) in [6.45, 7) is 3.72. The first kappa shape index (κ1) is 22.8. The maximum Gasteiger partial charge on any atom is 0.238 e. The van der Waals surface area contributed by atoms with E-state index >= 15 is 0 Å². The van der Waals surface area contributed by atoms with Crippen LogP contribution < -0.4 is 15.4 Å². The Kier molecular flexibility index (Phi) is 8.06. The monoisotopic (exact) mass is 423 g/mol. The summed E-state index contributed by atoms with van der Waals surface area (Å²) < 4.78 is 5.29. The van der Waals surface area contributed by atoms with E-state index in [0.29, 0.717) is 24.5 Å². The van der Waals surface area contributed by atoms with Gasteiger partial charge in [0, 0.05) is 12.0 Å². The number of carbonyl (C=O) groups excluding carboxylic acids is 2. The van der Waals surface area contributed by atoms with Crippen LogP contribution in [-0.2, 0) is 15.0 Å². The Labute approximate surface area is 185 Å². The van der Waals surface area contributed by atoms with Gasteiger partial charge in [-0.3, -0.25) is 14.5 Å². The van der Waals surface area contributed by atoms with E-state index in [1.54, 1.807) is 19.2 Å². The third-order valence-corrected chi connectivity index (χ3v) is 5.98.